The largest absolute Gasteiger partial charge is 0.381 e. The van der Waals surface area contributed by atoms with Gasteiger partial charge in [-0.05, 0) is 61.9 Å². The van der Waals surface area contributed by atoms with Crippen molar-refractivity contribution < 1.29 is 14.7 Å². The Labute approximate surface area is 183 Å². The lowest BCUT2D eigenvalue weighted by molar-refractivity contribution is -0.148. The maximum absolute atomic E-state index is 12.5. The van der Waals surface area contributed by atoms with Crippen LogP contribution >= 0.6 is 0 Å². The molecule has 2 fully saturated rings. The molecule has 1 aromatic carbocycles. The van der Waals surface area contributed by atoms with Gasteiger partial charge in [0, 0.05) is 50.2 Å². The number of amides is 3. The number of nitrogens with zero attached hydrogens (tertiary/aromatic N) is 3. The topological polar surface area (TPSA) is 85.8 Å². The first-order chi connectivity index (χ1) is 14.8. The summed E-state index contributed by atoms with van der Waals surface area (Å²) in [6.45, 7) is 5.79. The summed E-state index contributed by atoms with van der Waals surface area (Å²) in [6, 6.07) is 11.9. The molecule has 0 atom stereocenters. The van der Waals surface area contributed by atoms with Gasteiger partial charge in [-0.2, -0.15) is 0 Å². The monoisotopic (exact) mass is 422 g/mol. The zero-order valence-corrected chi connectivity index (χ0v) is 18.1. The Morgan fingerprint density at radius 1 is 1.00 bits per heavy atom. The number of aromatic nitrogens is 1. The third-order valence-electron chi connectivity index (χ3n) is 6.26. The molecule has 3 heterocycles. The lowest BCUT2D eigenvalue weighted by Crippen LogP contribution is -2.50. The molecule has 1 aromatic heterocycles. The van der Waals surface area contributed by atoms with E-state index in [1.54, 1.807) is 16.0 Å². The SMILES string of the molecule is CC(C)(O)C(=O)N1CCC(c2ccc(NC(=O)N3CC(c4cccnc4)C3)cc2)CC1. The Morgan fingerprint density at radius 3 is 2.26 bits per heavy atom. The van der Waals surface area contributed by atoms with Gasteiger partial charge in [0.15, 0.2) is 0 Å². The number of benzene rings is 1. The highest BCUT2D eigenvalue weighted by molar-refractivity contribution is 5.90. The molecule has 0 spiro atoms. The summed E-state index contributed by atoms with van der Waals surface area (Å²) in [5, 5.41) is 12.9. The number of carbonyl (C=O) groups excluding carboxylic acids is 2. The summed E-state index contributed by atoms with van der Waals surface area (Å²) in [5.41, 5.74) is 1.86. The van der Waals surface area contributed by atoms with E-state index in [0.29, 0.717) is 38.0 Å². The van der Waals surface area contributed by atoms with Crippen molar-refractivity contribution >= 4 is 17.6 Å². The summed E-state index contributed by atoms with van der Waals surface area (Å²) < 4.78 is 0. The molecule has 0 unspecified atom stereocenters. The Bertz CT molecular complexity index is 910. The van der Waals surface area contributed by atoms with Crippen molar-refractivity contribution in [3.8, 4) is 0 Å². The van der Waals surface area contributed by atoms with Crippen molar-refractivity contribution in [1.82, 2.24) is 14.8 Å². The van der Waals surface area contributed by atoms with Gasteiger partial charge in [-0.3, -0.25) is 9.78 Å². The molecular weight excluding hydrogens is 392 g/mol. The van der Waals surface area contributed by atoms with Gasteiger partial charge in [0.05, 0.1) is 0 Å². The summed E-state index contributed by atoms with van der Waals surface area (Å²) in [4.78, 5) is 32.4. The zero-order valence-electron chi connectivity index (χ0n) is 18.1. The molecule has 7 nitrogen and oxygen atoms in total. The van der Waals surface area contributed by atoms with E-state index < -0.39 is 5.60 Å². The lowest BCUT2D eigenvalue weighted by Gasteiger charge is -2.39. The molecule has 2 saturated heterocycles. The molecule has 0 radical (unpaired) electrons. The van der Waals surface area contributed by atoms with Gasteiger partial charge in [0.1, 0.15) is 5.60 Å². The molecule has 2 aliphatic heterocycles. The maximum atomic E-state index is 12.5. The van der Waals surface area contributed by atoms with Crippen LogP contribution in [0.5, 0.6) is 0 Å². The zero-order chi connectivity index (χ0) is 22.0. The first-order valence-corrected chi connectivity index (χ1v) is 10.9. The molecule has 0 bridgehead atoms. The number of likely N-dealkylation sites (tertiary alicyclic amines) is 2. The Hall–Kier alpha value is -2.93. The van der Waals surface area contributed by atoms with Gasteiger partial charge in [-0.25, -0.2) is 4.79 Å². The maximum Gasteiger partial charge on any atom is 0.321 e. The van der Waals surface area contributed by atoms with Crippen molar-refractivity contribution in [2.24, 2.45) is 0 Å². The van der Waals surface area contributed by atoms with Crippen LogP contribution in [0.2, 0.25) is 0 Å². The second-order valence-corrected chi connectivity index (χ2v) is 9.07. The first kappa shape index (κ1) is 21.3. The number of pyridine rings is 1. The second kappa shape index (κ2) is 8.67. The van der Waals surface area contributed by atoms with Gasteiger partial charge >= 0.3 is 6.03 Å². The van der Waals surface area contributed by atoms with Crippen LogP contribution in [0.25, 0.3) is 0 Å². The molecule has 2 aromatic rings. The number of carbonyl (C=O) groups is 2. The number of nitrogens with one attached hydrogen (secondary N) is 1. The van der Waals surface area contributed by atoms with E-state index in [1.807, 2.05) is 24.4 Å². The average molecular weight is 423 g/mol. The van der Waals surface area contributed by atoms with E-state index in [4.69, 9.17) is 0 Å². The Morgan fingerprint density at radius 2 is 1.68 bits per heavy atom. The quantitative estimate of drug-likeness (QED) is 0.792. The van der Waals surface area contributed by atoms with E-state index in [-0.39, 0.29) is 11.9 Å². The van der Waals surface area contributed by atoms with Gasteiger partial charge in [0.25, 0.3) is 5.91 Å². The summed E-state index contributed by atoms with van der Waals surface area (Å²) >= 11 is 0. The highest BCUT2D eigenvalue weighted by Crippen LogP contribution is 2.30. The summed E-state index contributed by atoms with van der Waals surface area (Å²) in [7, 11) is 0. The highest BCUT2D eigenvalue weighted by atomic mass is 16.3. The summed E-state index contributed by atoms with van der Waals surface area (Å²) in [6.07, 6.45) is 5.37. The van der Waals surface area contributed by atoms with E-state index in [9.17, 15) is 14.7 Å². The van der Waals surface area contributed by atoms with Gasteiger partial charge < -0.3 is 20.2 Å². The van der Waals surface area contributed by atoms with Crippen molar-refractivity contribution in [2.45, 2.75) is 44.1 Å². The fourth-order valence-corrected chi connectivity index (χ4v) is 4.32. The number of hydrogen-bond donors (Lipinski definition) is 2. The van der Waals surface area contributed by atoms with Crippen LogP contribution in [-0.2, 0) is 4.79 Å². The molecule has 4 rings (SSSR count). The molecule has 3 amide bonds. The smallest absolute Gasteiger partial charge is 0.321 e. The number of hydrogen-bond acceptors (Lipinski definition) is 4. The number of rotatable bonds is 4. The van der Waals surface area contributed by atoms with Crippen LogP contribution in [0.3, 0.4) is 0 Å². The van der Waals surface area contributed by atoms with Crippen LogP contribution in [0, 0.1) is 0 Å². The minimum atomic E-state index is -1.32. The normalized spacial score (nSPS) is 17.9. The molecule has 2 N–H and O–H groups in total. The van der Waals surface area contributed by atoms with Crippen LogP contribution in [0.1, 0.15) is 49.7 Å². The predicted octanol–water partition coefficient (Wildman–Crippen LogP) is 3.19. The fourth-order valence-electron chi connectivity index (χ4n) is 4.32. The van der Waals surface area contributed by atoms with E-state index >= 15 is 0 Å². The van der Waals surface area contributed by atoms with Crippen LogP contribution in [0.15, 0.2) is 48.8 Å². The standard InChI is InChI=1S/C24H30N4O3/c1-24(2,31)22(29)27-12-9-18(10-13-27)17-5-7-21(8-6-17)26-23(30)28-15-20(16-28)19-4-3-11-25-14-19/h3-8,11,14,18,20,31H,9-10,12-13,15-16H2,1-2H3,(H,26,30). The van der Waals surface area contributed by atoms with E-state index in [2.05, 4.69) is 28.5 Å². The highest BCUT2D eigenvalue weighted by Gasteiger charge is 2.33. The van der Waals surface area contributed by atoms with Gasteiger partial charge in [-0.15, -0.1) is 0 Å². The molecule has 2 aliphatic rings. The first-order valence-electron chi connectivity index (χ1n) is 10.9. The van der Waals surface area contributed by atoms with Crippen LogP contribution < -0.4 is 5.32 Å². The van der Waals surface area contributed by atoms with E-state index in [1.165, 1.54) is 25.0 Å². The van der Waals surface area contributed by atoms with Crippen molar-refractivity contribution in [3.63, 3.8) is 0 Å². The lowest BCUT2D eigenvalue weighted by atomic mass is 9.88. The predicted molar refractivity (Wildman–Crippen MR) is 119 cm³/mol. The number of piperidine rings is 1. The molecular formula is C24H30N4O3. The number of aliphatic hydroxyl groups is 1. The second-order valence-electron chi connectivity index (χ2n) is 9.07. The third-order valence-corrected chi connectivity index (χ3v) is 6.26. The Balaban J connectivity index is 1.26. The minimum absolute atomic E-state index is 0.0775. The average Bonchev–Trinajstić information content (AvgIpc) is 2.73. The molecule has 0 aliphatic carbocycles. The van der Waals surface area contributed by atoms with Crippen LogP contribution in [-0.4, -0.2) is 63.6 Å². The third kappa shape index (κ3) is 4.88. The molecule has 0 saturated carbocycles. The van der Waals surface area contributed by atoms with Gasteiger partial charge in [0.2, 0.25) is 0 Å². The fraction of sp³-hybridized carbons (Fsp3) is 0.458. The van der Waals surface area contributed by atoms with Gasteiger partial charge in [-0.1, -0.05) is 18.2 Å². The van der Waals surface area contributed by atoms with E-state index in [0.717, 1.165) is 18.5 Å². The Kier molecular flexibility index (Phi) is 5.96. The summed E-state index contributed by atoms with van der Waals surface area (Å²) in [5.74, 6) is 0.531. The number of anilines is 1. The van der Waals surface area contributed by atoms with Crippen molar-refractivity contribution in [2.75, 3.05) is 31.5 Å². The molecule has 164 valence electrons. The van der Waals surface area contributed by atoms with Crippen LogP contribution in [0.4, 0.5) is 10.5 Å². The minimum Gasteiger partial charge on any atom is -0.381 e. The molecule has 31 heavy (non-hydrogen) atoms. The number of urea groups is 1. The van der Waals surface area contributed by atoms with Crippen molar-refractivity contribution in [1.29, 1.82) is 0 Å². The van der Waals surface area contributed by atoms with Crippen molar-refractivity contribution in [3.05, 3.63) is 59.9 Å². The molecule has 7 heteroatoms.